The topological polar surface area (TPSA) is 68.0 Å². The first-order chi connectivity index (χ1) is 7.44. The maximum atomic E-state index is 11.7. The highest BCUT2D eigenvalue weighted by molar-refractivity contribution is 7.99. The summed E-state index contributed by atoms with van der Waals surface area (Å²) in [5, 5.41) is 2.85. The first kappa shape index (κ1) is 12.8. The van der Waals surface area contributed by atoms with Crippen molar-refractivity contribution in [2.45, 2.75) is 18.6 Å². The largest absolute Gasteiger partial charge is 0.397 e. The second-order valence-electron chi connectivity index (χ2n) is 4.12. The predicted octanol–water partition coefficient (Wildman–Crippen LogP) is 1.54. The van der Waals surface area contributed by atoms with Gasteiger partial charge in [0.2, 0.25) is 0 Å². The number of nitrogens with zero attached hydrogens (tertiary/aromatic N) is 1. The lowest BCUT2D eigenvalue weighted by molar-refractivity contribution is 0.0946. The summed E-state index contributed by atoms with van der Waals surface area (Å²) >= 11 is 1.71. The molecule has 0 aromatic carbocycles. The Morgan fingerprint density at radius 2 is 2.25 bits per heavy atom. The lowest BCUT2D eigenvalue weighted by Crippen LogP contribution is -2.36. The Morgan fingerprint density at radius 1 is 1.56 bits per heavy atom. The highest BCUT2D eigenvalue weighted by atomic mass is 32.2. The Bertz CT molecular complexity index is 362. The molecular weight excluding hydrogens is 222 g/mol. The minimum absolute atomic E-state index is 0.0312. The number of anilines is 1. The van der Waals surface area contributed by atoms with Crippen LogP contribution in [0, 0.1) is 0 Å². The van der Waals surface area contributed by atoms with E-state index >= 15 is 0 Å². The van der Waals surface area contributed by atoms with E-state index in [-0.39, 0.29) is 10.7 Å². The van der Waals surface area contributed by atoms with Gasteiger partial charge in [-0.3, -0.25) is 4.79 Å². The van der Waals surface area contributed by atoms with Crippen LogP contribution in [0.1, 0.15) is 24.3 Å². The minimum Gasteiger partial charge on any atom is -0.397 e. The maximum Gasteiger partial charge on any atom is 0.269 e. The summed E-state index contributed by atoms with van der Waals surface area (Å²) in [6.07, 6.45) is 3.50. The summed E-state index contributed by atoms with van der Waals surface area (Å²) in [5.41, 5.74) is 6.45. The zero-order valence-electron chi connectivity index (χ0n) is 9.78. The molecule has 0 spiro atoms. The number of hydrogen-bond acceptors (Lipinski definition) is 4. The molecule has 4 nitrogen and oxygen atoms in total. The molecule has 0 aliphatic carbocycles. The molecule has 0 saturated carbocycles. The van der Waals surface area contributed by atoms with Crippen LogP contribution in [0.4, 0.5) is 5.69 Å². The van der Waals surface area contributed by atoms with Gasteiger partial charge in [-0.05, 0) is 32.2 Å². The van der Waals surface area contributed by atoms with Crippen LogP contribution in [0.15, 0.2) is 18.3 Å². The van der Waals surface area contributed by atoms with Crippen molar-refractivity contribution >= 4 is 23.4 Å². The van der Waals surface area contributed by atoms with Crippen LogP contribution in [0.5, 0.6) is 0 Å². The zero-order valence-corrected chi connectivity index (χ0v) is 10.6. The summed E-state index contributed by atoms with van der Waals surface area (Å²) in [4.78, 5) is 15.7. The minimum atomic E-state index is -0.165. The molecule has 1 heterocycles. The summed E-state index contributed by atoms with van der Waals surface area (Å²) < 4.78 is 0.0312. The number of nitrogen functional groups attached to an aromatic ring is 1. The molecule has 0 aliphatic rings. The Kier molecular flexibility index (Phi) is 4.18. The Morgan fingerprint density at radius 3 is 2.75 bits per heavy atom. The van der Waals surface area contributed by atoms with E-state index in [9.17, 15) is 4.79 Å². The molecule has 0 saturated heterocycles. The second-order valence-corrected chi connectivity index (χ2v) is 5.64. The number of carbonyl (C=O) groups excluding carboxylic acids is 1. The van der Waals surface area contributed by atoms with Crippen molar-refractivity contribution in [1.29, 1.82) is 0 Å². The molecule has 16 heavy (non-hydrogen) atoms. The monoisotopic (exact) mass is 239 g/mol. The maximum absolute atomic E-state index is 11.7. The van der Waals surface area contributed by atoms with Crippen molar-refractivity contribution in [1.82, 2.24) is 10.3 Å². The summed E-state index contributed by atoms with van der Waals surface area (Å²) in [6.45, 7) is 4.77. The molecule has 0 atom stereocenters. The Balaban J connectivity index is 2.56. The third-order valence-electron chi connectivity index (χ3n) is 2.25. The van der Waals surface area contributed by atoms with Crippen LogP contribution in [0.3, 0.4) is 0 Å². The number of thioether (sulfide) groups is 1. The van der Waals surface area contributed by atoms with Crippen LogP contribution >= 0.6 is 11.8 Å². The van der Waals surface area contributed by atoms with E-state index in [1.807, 2.05) is 6.26 Å². The van der Waals surface area contributed by atoms with E-state index in [2.05, 4.69) is 24.1 Å². The van der Waals surface area contributed by atoms with E-state index < -0.39 is 0 Å². The van der Waals surface area contributed by atoms with Gasteiger partial charge in [-0.2, -0.15) is 11.8 Å². The van der Waals surface area contributed by atoms with Crippen molar-refractivity contribution in [3.8, 4) is 0 Å². The summed E-state index contributed by atoms with van der Waals surface area (Å²) in [5.74, 6) is -0.165. The molecule has 3 N–H and O–H groups in total. The van der Waals surface area contributed by atoms with E-state index in [0.29, 0.717) is 17.9 Å². The zero-order chi connectivity index (χ0) is 12.2. The van der Waals surface area contributed by atoms with Gasteiger partial charge in [-0.25, -0.2) is 4.98 Å². The normalized spacial score (nSPS) is 11.2. The lowest BCUT2D eigenvalue weighted by atomic mass is 10.2. The van der Waals surface area contributed by atoms with Crippen molar-refractivity contribution < 1.29 is 4.79 Å². The first-order valence-corrected chi connectivity index (χ1v) is 6.22. The number of hydrogen-bond donors (Lipinski definition) is 2. The van der Waals surface area contributed by atoms with Gasteiger partial charge in [0, 0.05) is 11.3 Å². The molecular formula is C11H17N3OS. The van der Waals surface area contributed by atoms with E-state index in [0.717, 1.165) is 0 Å². The molecule has 0 fully saturated rings. The standard InChI is InChI=1S/C11H17N3OS/c1-11(2,16-3)7-14-10(15)9-5-4-8(12)6-13-9/h4-6H,7,12H2,1-3H3,(H,14,15). The molecule has 1 amide bonds. The predicted molar refractivity (Wildman–Crippen MR) is 68.6 cm³/mol. The molecule has 88 valence electrons. The van der Waals surface area contributed by atoms with Gasteiger partial charge in [0.05, 0.1) is 11.9 Å². The molecule has 1 rings (SSSR count). The van der Waals surface area contributed by atoms with Crippen LogP contribution in [-0.4, -0.2) is 28.4 Å². The second kappa shape index (κ2) is 5.21. The van der Waals surface area contributed by atoms with Crippen molar-refractivity contribution in [3.63, 3.8) is 0 Å². The molecule has 5 heteroatoms. The number of nitrogens with two attached hydrogens (primary N) is 1. The highest BCUT2D eigenvalue weighted by Gasteiger charge is 2.17. The number of pyridine rings is 1. The fourth-order valence-corrected chi connectivity index (χ4v) is 1.21. The third kappa shape index (κ3) is 3.73. The van der Waals surface area contributed by atoms with Gasteiger partial charge < -0.3 is 11.1 Å². The molecule has 0 aliphatic heterocycles. The fraction of sp³-hybridized carbons (Fsp3) is 0.455. The van der Waals surface area contributed by atoms with Crippen LogP contribution < -0.4 is 11.1 Å². The lowest BCUT2D eigenvalue weighted by Gasteiger charge is -2.21. The average molecular weight is 239 g/mol. The van der Waals surface area contributed by atoms with E-state index in [1.165, 1.54) is 6.20 Å². The van der Waals surface area contributed by atoms with Gasteiger partial charge in [0.1, 0.15) is 5.69 Å². The van der Waals surface area contributed by atoms with Crippen LogP contribution in [-0.2, 0) is 0 Å². The third-order valence-corrected chi connectivity index (χ3v) is 3.50. The van der Waals surface area contributed by atoms with Gasteiger partial charge in [0.15, 0.2) is 0 Å². The molecule has 0 radical (unpaired) electrons. The van der Waals surface area contributed by atoms with E-state index in [1.54, 1.807) is 23.9 Å². The Labute approximate surface area is 100 Å². The molecule has 0 bridgehead atoms. The van der Waals surface area contributed by atoms with Crippen molar-refractivity contribution in [2.75, 3.05) is 18.5 Å². The quantitative estimate of drug-likeness (QED) is 0.836. The smallest absolute Gasteiger partial charge is 0.269 e. The van der Waals surface area contributed by atoms with Crippen LogP contribution in [0.2, 0.25) is 0 Å². The number of amides is 1. The SMILES string of the molecule is CSC(C)(C)CNC(=O)c1ccc(N)cn1. The molecule has 0 unspecified atom stereocenters. The number of nitrogens with one attached hydrogen (secondary N) is 1. The average Bonchev–Trinajstić information content (AvgIpc) is 2.27. The van der Waals surface area contributed by atoms with Crippen molar-refractivity contribution in [2.24, 2.45) is 0 Å². The number of aromatic nitrogens is 1. The van der Waals surface area contributed by atoms with E-state index in [4.69, 9.17) is 5.73 Å². The van der Waals surface area contributed by atoms with Crippen molar-refractivity contribution in [3.05, 3.63) is 24.0 Å². The fourth-order valence-electron chi connectivity index (χ4n) is 0.995. The molecule has 1 aromatic heterocycles. The van der Waals surface area contributed by atoms with Gasteiger partial charge >= 0.3 is 0 Å². The van der Waals surface area contributed by atoms with Crippen LogP contribution in [0.25, 0.3) is 0 Å². The number of rotatable bonds is 4. The summed E-state index contributed by atoms with van der Waals surface area (Å²) in [6, 6.07) is 3.29. The number of carbonyl (C=O) groups is 1. The molecule has 1 aromatic rings. The highest BCUT2D eigenvalue weighted by Crippen LogP contribution is 2.19. The van der Waals surface area contributed by atoms with Gasteiger partial charge in [-0.1, -0.05) is 0 Å². The van der Waals surface area contributed by atoms with Gasteiger partial charge in [0.25, 0.3) is 5.91 Å². The summed E-state index contributed by atoms with van der Waals surface area (Å²) in [7, 11) is 0. The first-order valence-electron chi connectivity index (χ1n) is 4.99. The Hall–Kier alpha value is -1.23. The van der Waals surface area contributed by atoms with Gasteiger partial charge in [-0.15, -0.1) is 0 Å².